The summed E-state index contributed by atoms with van der Waals surface area (Å²) < 4.78 is 14.7. The maximum Gasteiger partial charge on any atom is 0.137 e. The summed E-state index contributed by atoms with van der Waals surface area (Å²) >= 11 is 3.94. The molecule has 17 rings (SSSR count). The van der Waals surface area contributed by atoms with Crippen molar-refractivity contribution in [2.45, 2.75) is 19.3 Å². The number of anilines is 6. The fourth-order valence-corrected chi connectivity index (χ4v) is 17.4. The Kier molecular flexibility index (Phi) is 9.24. The maximum atomic E-state index is 6.69. The molecule has 12 aromatic carbocycles. The van der Waals surface area contributed by atoms with Crippen molar-refractivity contribution in [2.24, 2.45) is 0 Å². The fourth-order valence-electron chi connectivity index (χ4n) is 13.0. The van der Waals surface area contributed by atoms with Gasteiger partial charge in [0.25, 0.3) is 0 Å². The van der Waals surface area contributed by atoms with Crippen LogP contribution in [0.5, 0.6) is 0 Å². The average Bonchev–Trinajstić information content (AvgIpc) is 4.33. The van der Waals surface area contributed by atoms with Gasteiger partial charge in [-0.15, -0.1) is 11.3 Å². The molecule has 0 saturated heterocycles. The zero-order valence-electron chi connectivity index (χ0n) is 42.0. The van der Waals surface area contributed by atoms with Crippen LogP contribution >= 0.6 is 22.7 Å². The fraction of sp³-hybridized carbons (Fsp3) is 0.0423. The molecule has 0 N–H and O–H groups in total. The number of nitrogens with zero attached hydrogens (tertiary/aromatic N) is 2. The molecule has 2 aliphatic heterocycles. The van der Waals surface area contributed by atoms with Crippen LogP contribution in [0.15, 0.2) is 235 Å². The molecule has 15 aromatic rings. The first-order chi connectivity index (χ1) is 37.9. The molecule has 77 heavy (non-hydrogen) atoms. The van der Waals surface area contributed by atoms with Crippen LogP contribution in [-0.2, 0) is 5.41 Å². The van der Waals surface area contributed by atoms with Crippen molar-refractivity contribution < 1.29 is 4.42 Å². The minimum atomic E-state index is -0.280. The molecule has 0 atom stereocenters. The van der Waals surface area contributed by atoms with Crippen molar-refractivity contribution in [3.63, 3.8) is 0 Å². The topological polar surface area (TPSA) is 19.6 Å². The van der Waals surface area contributed by atoms with E-state index in [1.807, 2.05) is 22.7 Å². The van der Waals surface area contributed by atoms with Crippen LogP contribution in [0.2, 0.25) is 0 Å². The molecule has 362 valence electrons. The van der Waals surface area contributed by atoms with E-state index < -0.39 is 0 Å². The van der Waals surface area contributed by atoms with E-state index >= 15 is 0 Å². The first kappa shape index (κ1) is 43.7. The summed E-state index contributed by atoms with van der Waals surface area (Å²) in [6.07, 6.45) is 0. The van der Waals surface area contributed by atoms with Gasteiger partial charge < -0.3 is 4.42 Å². The van der Waals surface area contributed by atoms with E-state index in [1.165, 1.54) is 121 Å². The van der Waals surface area contributed by atoms with Gasteiger partial charge in [-0.1, -0.05) is 80.6 Å². The Labute approximate surface area is 458 Å². The van der Waals surface area contributed by atoms with Crippen LogP contribution in [0.4, 0.5) is 34.1 Å². The van der Waals surface area contributed by atoms with Crippen LogP contribution in [0.1, 0.15) is 25.0 Å². The van der Waals surface area contributed by atoms with Gasteiger partial charge in [0, 0.05) is 27.0 Å². The van der Waals surface area contributed by atoms with E-state index in [4.69, 9.17) is 4.42 Å². The Bertz CT molecular complexity index is 4990. The van der Waals surface area contributed by atoms with Gasteiger partial charge in [-0.25, -0.2) is 0 Å². The zero-order chi connectivity index (χ0) is 50.7. The largest absolute Gasteiger partial charge is 0.456 e. The Morgan fingerprint density at radius 1 is 0.338 bits per heavy atom. The number of rotatable bonds is 4. The quantitative estimate of drug-likeness (QED) is 0.129. The third-order valence-electron chi connectivity index (χ3n) is 16.6. The van der Waals surface area contributed by atoms with Crippen LogP contribution < -0.4 is 18.7 Å². The smallest absolute Gasteiger partial charge is 0.137 e. The maximum absolute atomic E-state index is 6.69. The Balaban J connectivity index is 0.998. The number of para-hydroxylation sites is 4. The van der Waals surface area contributed by atoms with Crippen LogP contribution in [-0.4, -0.2) is 15.0 Å². The second kappa shape index (κ2) is 16.3. The predicted octanol–water partition coefficient (Wildman–Crippen LogP) is 19.5. The minimum absolute atomic E-state index is 0.194. The summed E-state index contributed by atoms with van der Waals surface area (Å²) in [5.41, 5.74) is 16.0. The van der Waals surface area contributed by atoms with E-state index in [0.717, 1.165) is 39.0 Å². The third kappa shape index (κ3) is 6.36. The molecule has 0 saturated carbocycles. The monoisotopic (exact) mass is 1080 g/mol. The summed E-state index contributed by atoms with van der Waals surface area (Å²) in [5.74, 6) is 0. The Hall–Kier alpha value is -8.48. The molecule has 2 aliphatic rings. The zero-order valence-corrected chi connectivity index (χ0v) is 45.3. The van der Waals surface area contributed by atoms with E-state index in [1.54, 1.807) is 0 Å². The molecule has 3 aromatic heterocycles. The normalized spacial score (nSPS) is 13.8. The van der Waals surface area contributed by atoms with E-state index in [-0.39, 0.29) is 20.4 Å². The number of furan rings is 1. The standard InChI is InChI=1S/C71H44N2OS2Se/c1-71(2)55-18-6-7-19-57(55)72(60-40-62-50(39-56(60)71)45-15-3-10-22-61(45)74-62)43-29-31-48-53(37-43)69(41-27-33-65-51(35-41)46-16-4-11-23-63(46)75-65)49-32-30-44(73-58-20-8-13-25-67(58)77-68-26-14-9-21-59(68)73)38-54(49)70(48)42-28-34-66-52(36-42)47-17-5-12-24-64(47)76-66/h3-40H,1-2H3. The number of hydrogen-bond acceptors (Lipinski definition) is 5. The van der Waals surface area contributed by atoms with Crippen molar-refractivity contribution in [1.82, 2.24) is 0 Å². The second-order valence-electron chi connectivity index (χ2n) is 21.1. The van der Waals surface area contributed by atoms with Gasteiger partial charge in [-0.3, -0.25) is 0 Å². The summed E-state index contributed by atoms with van der Waals surface area (Å²) in [6, 6.07) is 86.9. The van der Waals surface area contributed by atoms with Crippen molar-refractivity contribution >= 4 is 165 Å². The molecule has 5 heterocycles. The first-order valence-electron chi connectivity index (χ1n) is 26.3. The van der Waals surface area contributed by atoms with Crippen LogP contribution in [0.25, 0.3) is 106 Å². The molecule has 0 bridgehead atoms. The van der Waals surface area contributed by atoms with Crippen molar-refractivity contribution in [3.8, 4) is 22.3 Å². The van der Waals surface area contributed by atoms with Gasteiger partial charge in [-0.2, -0.15) is 0 Å². The molecular weight excluding hydrogens is 1040 g/mol. The van der Waals surface area contributed by atoms with E-state index in [9.17, 15) is 0 Å². The second-order valence-corrected chi connectivity index (χ2v) is 25.6. The predicted molar refractivity (Wildman–Crippen MR) is 332 cm³/mol. The minimum Gasteiger partial charge on any atom is -0.456 e. The summed E-state index contributed by atoms with van der Waals surface area (Å²) in [6.45, 7) is 4.75. The molecule has 0 fully saturated rings. The number of benzene rings is 12. The van der Waals surface area contributed by atoms with Crippen molar-refractivity contribution in [3.05, 3.63) is 242 Å². The first-order valence-corrected chi connectivity index (χ1v) is 29.6. The van der Waals surface area contributed by atoms with Gasteiger partial charge in [0.1, 0.15) is 11.2 Å². The average molecular weight is 1080 g/mol. The van der Waals surface area contributed by atoms with Gasteiger partial charge in [0.05, 0.1) is 11.4 Å². The van der Waals surface area contributed by atoms with Crippen molar-refractivity contribution in [1.29, 1.82) is 0 Å². The number of fused-ring (bicyclic) bond motifs is 15. The molecule has 0 radical (unpaired) electrons. The molecular formula is C71H44N2OS2Se. The molecule has 0 aliphatic carbocycles. The molecule has 0 amide bonds. The van der Waals surface area contributed by atoms with Gasteiger partial charge >= 0.3 is 275 Å². The van der Waals surface area contributed by atoms with Gasteiger partial charge in [0.2, 0.25) is 0 Å². The summed E-state index contributed by atoms with van der Waals surface area (Å²) in [4.78, 5) is 5.02. The molecule has 0 spiro atoms. The van der Waals surface area contributed by atoms with Crippen LogP contribution in [0.3, 0.4) is 0 Å². The number of hydrogen-bond donors (Lipinski definition) is 0. The van der Waals surface area contributed by atoms with Gasteiger partial charge in [-0.05, 0) is 41.5 Å². The van der Waals surface area contributed by atoms with Crippen molar-refractivity contribution in [2.75, 3.05) is 9.80 Å². The van der Waals surface area contributed by atoms with E-state index in [2.05, 4.69) is 254 Å². The molecule has 6 heteroatoms. The van der Waals surface area contributed by atoms with Gasteiger partial charge in [0.15, 0.2) is 0 Å². The Morgan fingerprint density at radius 2 is 0.831 bits per heavy atom. The summed E-state index contributed by atoms with van der Waals surface area (Å²) in [5, 5.41) is 12.3. The molecule has 0 unspecified atom stereocenters. The number of thiophene rings is 2. The summed E-state index contributed by atoms with van der Waals surface area (Å²) in [7, 11) is 0. The van der Waals surface area contributed by atoms with E-state index in [0.29, 0.717) is 0 Å². The van der Waals surface area contributed by atoms with Crippen LogP contribution in [0, 0.1) is 0 Å². The SMILES string of the molecule is CC1(C)c2ccccc2N(c2ccc3c(-c4ccc5sc6ccccc6c5c4)c4cc(N5c6ccccc6[Se]c6ccccc65)ccc4c(-c4ccc5sc6ccccc6c5c4)c3c2)c2cc3oc4ccccc4c3cc21. The molecule has 3 nitrogen and oxygen atoms in total. The Morgan fingerprint density at radius 3 is 1.44 bits per heavy atom. The third-order valence-corrected chi connectivity index (χ3v) is 21.3.